The van der Waals surface area contributed by atoms with E-state index in [0.29, 0.717) is 0 Å². The van der Waals surface area contributed by atoms with Gasteiger partial charge >= 0.3 is 38.6 Å². The summed E-state index contributed by atoms with van der Waals surface area (Å²) in [4.78, 5) is 29.3. The molecule has 0 atom stereocenters. The van der Waals surface area contributed by atoms with Crippen LogP contribution >= 0.6 is 0 Å². The molecule has 0 radical (unpaired) electrons. The molecule has 8 heavy (non-hydrogen) atoms. The van der Waals surface area contributed by atoms with E-state index in [0.717, 1.165) is 0 Å². The van der Waals surface area contributed by atoms with Crippen LogP contribution in [-0.2, 0) is 26.2 Å². The normalized spacial score (nSPS) is 7.50. The zero-order valence-electron chi connectivity index (χ0n) is 5.29. The van der Waals surface area contributed by atoms with E-state index in [2.05, 4.69) is 0 Å². The molecule has 46 valence electrons. The van der Waals surface area contributed by atoms with Crippen LogP contribution in [0.2, 0.25) is 0 Å². The second kappa shape index (κ2) is 8.90. The molecule has 0 aliphatic rings. The topological polar surface area (TPSA) is 112 Å². The molecule has 0 spiro atoms. The minimum atomic E-state index is -4.61. The maximum atomic E-state index is 7.33. The molecule has 0 aliphatic heterocycles. The van der Waals surface area contributed by atoms with E-state index < -0.39 is 9.05 Å². The Hall–Kier alpha value is 1.90. The summed E-state index contributed by atoms with van der Waals surface area (Å²) in [5.41, 5.74) is 0. The third-order valence-electron chi connectivity index (χ3n) is 0. The van der Waals surface area contributed by atoms with Gasteiger partial charge in [0.2, 0.25) is 0 Å². The quantitative estimate of drug-likeness (QED) is 0.309. The standard InChI is InChI=1S/Na.H4O4Si.H2O.Zr.H/c;1-5(2,3)4;;;/h;1-4H;1H2;;/q+1;;;;-1. The van der Waals surface area contributed by atoms with Crippen LogP contribution in [0.25, 0.3) is 0 Å². The van der Waals surface area contributed by atoms with Gasteiger partial charge in [-0.15, -0.1) is 0 Å². The van der Waals surface area contributed by atoms with E-state index in [-0.39, 0.29) is 62.7 Å². The minimum absolute atomic E-state index is 0. The molecule has 0 bridgehead atoms. The molecular weight excluding hydrogens is 222 g/mol. The molecule has 0 rings (SSSR count). The molecule has 0 amide bonds. The first-order valence-electron chi connectivity index (χ1n) is 0.894. The van der Waals surface area contributed by atoms with Gasteiger partial charge in [-0.1, -0.05) is 0 Å². The molecule has 5 nitrogen and oxygen atoms in total. The molecule has 0 unspecified atom stereocenters. The van der Waals surface area contributed by atoms with Crippen LogP contribution in [-0.4, -0.2) is 33.7 Å². The summed E-state index contributed by atoms with van der Waals surface area (Å²) in [5, 5.41) is 0. The Bertz CT molecular complexity index is 32.4. The van der Waals surface area contributed by atoms with Gasteiger partial charge in [-0.2, -0.15) is 0 Å². The Morgan fingerprint density at radius 1 is 1.00 bits per heavy atom. The third-order valence-corrected chi connectivity index (χ3v) is 0. The van der Waals surface area contributed by atoms with Crippen LogP contribution in [0.1, 0.15) is 1.43 Å². The number of hydrogen-bond donors (Lipinski definition) is 4. The van der Waals surface area contributed by atoms with Crippen LogP contribution in [0, 0.1) is 0 Å². The molecule has 0 aromatic carbocycles. The molecule has 6 N–H and O–H groups in total. The molecule has 0 saturated heterocycles. The van der Waals surface area contributed by atoms with Crippen molar-refractivity contribution in [2.24, 2.45) is 0 Å². The van der Waals surface area contributed by atoms with E-state index in [1.54, 1.807) is 0 Å². The average molecular weight is 229 g/mol. The summed E-state index contributed by atoms with van der Waals surface area (Å²) >= 11 is 0. The Labute approximate surface area is 90.1 Å². The third kappa shape index (κ3) is 104. The predicted octanol–water partition coefficient (Wildman–Crippen LogP) is -6.32. The van der Waals surface area contributed by atoms with Crippen LogP contribution in [0.5, 0.6) is 0 Å². The fourth-order valence-corrected chi connectivity index (χ4v) is 0. The van der Waals surface area contributed by atoms with Crippen molar-refractivity contribution in [3.63, 3.8) is 0 Å². The van der Waals surface area contributed by atoms with Crippen molar-refractivity contribution in [3.05, 3.63) is 0 Å². The molecule has 0 aromatic heterocycles. The van der Waals surface area contributed by atoms with Crippen LogP contribution in [0.3, 0.4) is 0 Å². The zero-order chi connectivity index (χ0) is 4.50. The number of hydrogen-bond acceptors (Lipinski definition) is 4. The summed E-state index contributed by atoms with van der Waals surface area (Å²) in [5.74, 6) is 0. The van der Waals surface area contributed by atoms with Gasteiger partial charge in [0.1, 0.15) is 0 Å². The van der Waals surface area contributed by atoms with Gasteiger partial charge in [0.25, 0.3) is 0 Å². The van der Waals surface area contributed by atoms with Gasteiger partial charge in [0, 0.05) is 26.2 Å². The minimum Gasteiger partial charge on any atom is -1.00 e. The van der Waals surface area contributed by atoms with Crippen LogP contribution in [0.15, 0.2) is 0 Å². The molecule has 0 heterocycles. The maximum absolute atomic E-state index is 7.33. The van der Waals surface area contributed by atoms with Gasteiger partial charge in [0.05, 0.1) is 0 Å². The zero-order valence-corrected chi connectivity index (χ0v) is 9.75. The van der Waals surface area contributed by atoms with E-state index in [1.807, 2.05) is 0 Å². The van der Waals surface area contributed by atoms with Gasteiger partial charge < -0.3 is 26.1 Å². The molecular formula is H7NaO5SiZr. The molecule has 0 aliphatic carbocycles. The van der Waals surface area contributed by atoms with Crippen molar-refractivity contribution < 1.29 is 81.8 Å². The molecule has 0 aromatic rings. The van der Waals surface area contributed by atoms with Crippen LogP contribution in [0.4, 0.5) is 0 Å². The SMILES string of the molecule is O.O[Si](O)(O)O.[H-].[Na+].[Zr]. The smallest absolute Gasteiger partial charge is 1.00 e. The monoisotopic (exact) mass is 228 g/mol. The molecule has 8 heteroatoms. The first-order valence-corrected chi connectivity index (χ1v) is 2.68. The fraction of sp³-hybridized carbons (Fsp3) is 0. The second-order valence-electron chi connectivity index (χ2n) is 0.600. The molecule has 0 fully saturated rings. The average Bonchev–Trinajstić information content (AvgIpc) is 0.722. The summed E-state index contributed by atoms with van der Waals surface area (Å²) in [6, 6.07) is 0. The Morgan fingerprint density at radius 3 is 1.00 bits per heavy atom. The van der Waals surface area contributed by atoms with E-state index >= 15 is 0 Å². The summed E-state index contributed by atoms with van der Waals surface area (Å²) in [6.45, 7) is 0. The predicted molar refractivity (Wildman–Crippen MR) is 19.4 cm³/mol. The summed E-state index contributed by atoms with van der Waals surface area (Å²) in [6.07, 6.45) is 0. The fourth-order valence-electron chi connectivity index (χ4n) is 0. The van der Waals surface area contributed by atoms with Crippen LogP contribution < -0.4 is 29.6 Å². The van der Waals surface area contributed by atoms with Gasteiger partial charge in [0.15, 0.2) is 0 Å². The van der Waals surface area contributed by atoms with Crippen molar-refractivity contribution in [2.75, 3.05) is 0 Å². The van der Waals surface area contributed by atoms with E-state index in [1.165, 1.54) is 0 Å². The Balaban J connectivity index is -0.0000000133. The van der Waals surface area contributed by atoms with E-state index in [4.69, 9.17) is 19.2 Å². The van der Waals surface area contributed by atoms with Gasteiger partial charge in [-0.3, -0.25) is 0 Å². The van der Waals surface area contributed by atoms with Crippen molar-refractivity contribution in [2.45, 2.75) is 0 Å². The van der Waals surface area contributed by atoms with E-state index in [9.17, 15) is 0 Å². The van der Waals surface area contributed by atoms with Crippen molar-refractivity contribution in [3.8, 4) is 0 Å². The molecule has 0 saturated carbocycles. The summed E-state index contributed by atoms with van der Waals surface area (Å²) in [7, 11) is -4.61. The summed E-state index contributed by atoms with van der Waals surface area (Å²) < 4.78 is 0. The van der Waals surface area contributed by atoms with Crippen molar-refractivity contribution >= 4 is 9.05 Å². The first-order chi connectivity index (χ1) is 2.00. The van der Waals surface area contributed by atoms with Gasteiger partial charge in [-0.25, -0.2) is 0 Å². The maximum Gasteiger partial charge on any atom is 1.00 e. The second-order valence-corrected chi connectivity index (χ2v) is 1.80. The van der Waals surface area contributed by atoms with Gasteiger partial charge in [-0.05, 0) is 0 Å². The Kier molecular flexibility index (Phi) is 25.1. The number of rotatable bonds is 0. The van der Waals surface area contributed by atoms with Crippen molar-refractivity contribution in [1.82, 2.24) is 0 Å². The largest absolute Gasteiger partial charge is 1.00 e. The Morgan fingerprint density at radius 2 is 1.00 bits per heavy atom. The first kappa shape index (κ1) is 22.5. The van der Waals surface area contributed by atoms with Crippen molar-refractivity contribution in [1.29, 1.82) is 0 Å².